The van der Waals surface area contributed by atoms with Crippen LogP contribution in [0.15, 0.2) is 12.1 Å². The van der Waals surface area contributed by atoms with Crippen molar-refractivity contribution in [3.8, 4) is 11.5 Å². The van der Waals surface area contributed by atoms with E-state index in [2.05, 4.69) is 0 Å². The van der Waals surface area contributed by atoms with Gasteiger partial charge in [0.15, 0.2) is 11.5 Å². The first-order chi connectivity index (χ1) is 12.0. The number of nitrogen functional groups attached to an aromatic ring is 2. The van der Waals surface area contributed by atoms with E-state index >= 15 is 0 Å². The van der Waals surface area contributed by atoms with Crippen LogP contribution in [-0.4, -0.2) is 50.7 Å². The van der Waals surface area contributed by atoms with Gasteiger partial charge >= 0.3 is 0 Å². The van der Waals surface area contributed by atoms with E-state index in [1.54, 1.807) is 0 Å². The van der Waals surface area contributed by atoms with Crippen LogP contribution < -0.4 is 20.9 Å². The van der Waals surface area contributed by atoms with E-state index < -0.39 is 20.2 Å². The van der Waals surface area contributed by atoms with Gasteiger partial charge in [-0.05, 0) is 31.7 Å². The molecule has 0 saturated heterocycles. The summed E-state index contributed by atoms with van der Waals surface area (Å²) in [4.78, 5) is 0. The van der Waals surface area contributed by atoms with E-state index in [9.17, 15) is 16.8 Å². The SMILES string of the molecule is Nc1cc(N)c(OCCCCS(=O)(=O)O)c(OCCCCS(=O)(=O)O)c1. The predicted molar refractivity (Wildman–Crippen MR) is 97.6 cm³/mol. The van der Waals surface area contributed by atoms with Gasteiger partial charge in [0.1, 0.15) is 0 Å². The summed E-state index contributed by atoms with van der Waals surface area (Å²) in [5.41, 5.74) is 12.2. The van der Waals surface area contributed by atoms with Crippen LogP contribution >= 0.6 is 0 Å². The summed E-state index contributed by atoms with van der Waals surface area (Å²) < 4.78 is 71.0. The summed E-state index contributed by atoms with van der Waals surface area (Å²) in [6, 6.07) is 2.99. The number of rotatable bonds is 12. The molecule has 12 heteroatoms. The molecule has 0 bridgehead atoms. The average Bonchev–Trinajstić information content (AvgIpc) is 2.46. The molecule has 0 aliphatic rings. The molecule has 0 aliphatic carbocycles. The van der Waals surface area contributed by atoms with E-state index in [1.807, 2.05) is 0 Å². The second-order valence-corrected chi connectivity index (χ2v) is 8.76. The van der Waals surface area contributed by atoms with Crippen molar-refractivity contribution < 1.29 is 35.4 Å². The Morgan fingerprint density at radius 1 is 0.808 bits per heavy atom. The number of hydrogen-bond donors (Lipinski definition) is 4. The maximum Gasteiger partial charge on any atom is 0.264 e. The number of nitrogens with two attached hydrogens (primary N) is 2. The number of hydrogen-bond acceptors (Lipinski definition) is 8. The van der Waals surface area contributed by atoms with E-state index in [0.29, 0.717) is 18.5 Å². The Labute approximate surface area is 153 Å². The fourth-order valence-electron chi connectivity index (χ4n) is 2.04. The summed E-state index contributed by atoms with van der Waals surface area (Å²) in [6.07, 6.45) is 1.20. The van der Waals surface area contributed by atoms with Crippen LogP contribution in [-0.2, 0) is 20.2 Å². The first-order valence-electron chi connectivity index (χ1n) is 7.83. The molecule has 26 heavy (non-hydrogen) atoms. The van der Waals surface area contributed by atoms with Gasteiger partial charge in [0.05, 0.1) is 30.4 Å². The standard InChI is InChI=1S/C14H24N2O8S2/c15-11-9-12(16)14(24-6-2-4-8-26(20,21)22)13(10-11)23-5-1-3-7-25(17,18)19/h9-10H,1-8,15-16H2,(H,17,18,19)(H,20,21,22). The van der Waals surface area contributed by atoms with Gasteiger partial charge in [0.25, 0.3) is 20.2 Å². The molecule has 0 unspecified atom stereocenters. The maximum atomic E-state index is 10.7. The molecule has 0 atom stereocenters. The summed E-state index contributed by atoms with van der Waals surface area (Å²) in [5.74, 6) is -0.179. The summed E-state index contributed by atoms with van der Waals surface area (Å²) >= 11 is 0. The smallest absolute Gasteiger partial charge is 0.264 e. The molecule has 0 spiro atoms. The first kappa shape index (κ1) is 22.3. The van der Waals surface area contributed by atoms with E-state index in [4.69, 9.17) is 30.0 Å². The topological polar surface area (TPSA) is 179 Å². The molecule has 0 radical (unpaired) electrons. The van der Waals surface area contributed by atoms with E-state index in [1.165, 1.54) is 12.1 Å². The summed E-state index contributed by atoms with van der Waals surface area (Å²) in [5, 5.41) is 0. The molecule has 1 aromatic rings. The molecule has 0 aliphatic heterocycles. The molecule has 0 saturated carbocycles. The van der Waals surface area contributed by atoms with E-state index in [0.717, 1.165) is 0 Å². The Morgan fingerprint density at radius 2 is 1.31 bits per heavy atom. The van der Waals surface area contributed by atoms with Crippen LogP contribution in [0.25, 0.3) is 0 Å². The second kappa shape index (κ2) is 9.80. The van der Waals surface area contributed by atoms with Gasteiger partial charge in [0.2, 0.25) is 0 Å². The van der Waals surface area contributed by atoms with Crippen LogP contribution in [0.1, 0.15) is 25.7 Å². The molecule has 150 valence electrons. The zero-order valence-corrected chi connectivity index (χ0v) is 15.8. The minimum atomic E-state index is -4.00. The van der Waals surface area contributed by atoms with E-state index in [-0.39, 0.29) is 54.7 Å². The first-order valence-corrected chi connectivity index (χ1v) is 11.0. The zero-order valence-electron chi connectivity index (χ0n) is 14.1. The van der Waals surface area contributed by atoms with Crippen LogP contribution in [0.4, 0.5) is 11.4 Å². The maximum absolute atomic E-state index is 10.7. The number of benzene rings is 1. The molecule has 0 amide bonds. The summed E-state index contributed by atoms with van der Waals surface area (Å²) in [7, 11) is -8.00. The molecule has 1 rings (SSSR count). The monoisotopic (exact) mass is 412 g/mol. The summed E-state index contributed by atoms with van der Waals surface area (Å²) in [6.45, 7) is 0.320. The van der Waals surface area contributed by atoms with Crippen LogP contribution in [0.3, 0.4) is 0 Å². The third-order valence-electron chi connectivity index (χ3n) is 3.20. The highest BCUT2D eigenvalue weighted by atomic mass is 32.2. The highest BCUT2D eigenvalue weighted by Gasteiger charge is 2.12. The Morgan fingerprint density at radius 3 is 1.81 bits per heavy atom. The molecule has 1 aromatic carbocycles. The largest absolute Gasteiger partial charge is 0.490 e. The van der Waals surface area contributed by atoms with Crippen molar-refractivity contribution >= 4 is 31.6 Å². The second-order valence-electron chi connectivity index (χ2n) is 5.62. The molecule has 10 nitrogen and oxygen atoms in total. The van der Waals surface area contributed by atoms with Crippen LogP contribution in [0.2, 0.25) is 0 Å². The third-order valence-corrected chi connectivity index (χ3v) is 4.81. The molecule has 0 fully saturated rings. The highest BCUT2D eigenvalue weighted by Crippen LogP contribution is 2.36. The van der Waals surface area contributed by atoms with Gasteiger partial charge in [-0.3, -0.25) is 9.11 Å². The van der Waals surface area contributed by atoms with Gasteiger partial charge in [0, 0.05) is 11.8 Å². The van der Waals surface area contributed by atoms with Gasteiger partial charge < -0.3 is 20.9 Å². The quantitative estimate of drug-likeness (QED) is 0.219. The van der Waals surface area contributed by atoms with Crippen LogP contribution in [0.5, 0.6) is 11.5 Å². The predicted octanol–water partition coefficient (Wildman–Crippen LogP) is 0.945. The lowest BCUT2D eigenvalue weighted by Crippen LogP contribution is -2.09. The highest BCUT2D eigenvalue weighted by molar-refractivity contribution is 7.86. The van der Waals surface area contributed by atoms with Crippen molar-refractivity contribution in [2.45, 2.75) is 25.7 Å². The van der Waals surface area contributed by atoms with Crippen molar-refractivity contribution in [2.24, 2.45) is 0 Å². The van der Waals surface area contributed by atoms with Crippen molar-refractivity contribution in [1.29, 1.82) is 0 Å². The molecule has 6 N–H and O–H groups in total. The van der Waals surface area contributed by atoms with Crippen molar-refractivity contribution in [2.75, 3.05) is 36.2 Å². The lowest BCUT2D eigenvalue weighted by atomic mass is 10.2. The fraction of sp³-hybridized carbons (Fsp3) is 0.571. The van der Waals surface area contributed by atoms with Gasteiger partial charge in [-0.25, -0.2) is 0 Å². The Kier molecular flexibility index (Phi) is 8.40. The molecular formula is C14H24N2O8S2. The Balaban J connectivity index is 2.56. The lowest BCUT2D eigenvalue weighted by molar-refractivity contribution is 0.263. The third kappa shape index (κ3) is 9.65. The van der Waals surface area contributed by atoms with Crippen molar-refractivity contribution in [1.82, 2.24) is 0 Å². The van der Waals surface area contributed by atoms with Gasteiger partial charge in [-0.1, -0.05) is 0 Å². The lowest BCUT2D eigenvalue weighted by Gasteiger charge is -2.15. The van der Waals surface area contributed by atoms with Crippen molar-refractivity contribution in [3.63, 3.8) is 0 Å². The zero-order chi connectivity index (χ0) is 19.8. The minimum absolute atomic E-state index is 0.156. The molecule has 0 aromatic heterocycles. The number of unbranched alkanes of at least 4 members (excludes halogenated alkanes) is 2. The normalized spacial score (nSPS) is 12.1. The Bertz CT molecular complexity index is 793. The Hall–Kier alpha value is -1.76. The molecule has 0 heterocycles. The fourth-order valence-corrected chi connectivity index (χ4v) is 3.17. The van der Waals surface area contributed by atoms with Gasteiger partial charge in [-0.2, -0.15) is 16.8 Å². The molecular weight excluding hydrogens is 388 g/mol. The number of ether oxygens (including phenoxy) is 2. The number of anilines is 2. The van der Waals surface area contributed by atoms with Crippen molar-refractivity contribution in [3.05, 3.63) is 12.1 Å². The van der Waals surface area contributed by atoms with Crippen LogP contribution in [0, 0.1) is 0 Å². The minimum Gasteiger partial charge on any atom is -0.490 e. The van der Waals surface area contributed by atoms with Gasteiger partial charge in [-0.15, -0.1) is 0 Å². The average molecular weight is 412 g/mol.